The highest BCUT2D eigenvalue weighted by Gasteiger charge is 2.23. The Labute approximate surface area is 137 Å². The minimum Gasteiger partial charge on any atom is -0.342 e. The molecule has 0 N–H and O–H groups in total. The van der Waals surface area contributed by atoms with Gasteiger partial charge in [0.2, 0.25) is 5.91 Å². The molecule has 2 heterocycles. The van der Waals surface area contributed by atoms with Gasteiger partial charge in [0.05, 0.1) is 18.3 Å². The zero-order chi connectivity index (χ0) is 16.8. The molecule has 1 aliphatic heterocycles. The van der Waals surface area contributed by atoms with Crippen molar-refractivity contribution in [2.75, 3.05) is 45.8 Å². The summed E-state index contributed by atoms with van der Waals surface area (Å²) in [7, 11) is 1.81. The van der Waals surface area contributed by atoms with Gasteiger partial charge in [0.15, 0.2) is 0 Å². The molecule has 0 bridgehead atoms. The molecule has 23 heavy (non-hydrogen) atoms. The smallest absolute Gasteiger partial charge is 0.257 e. The van der Waals surface area contributed by atoms with E-state index < -0.39 is 0 Å². The molecule has 1 aromatic rings. The summed E-state index contributed by atoms with van der Waals surface area (Å²) in [6.45, 7) is 8.89. The van der Waals surface area contributed by atoms with Crippen LogP contribution in [0.25, 0.3) is 0 Å². The molecule has 0 radical (unpaired) electrons. The third-order valence-electron chi connectivity index (χ3n) is 4.30. The van der Waals surface area contributed by atoms with Crippen molar-refractivity contribution in [3.63, 3.8) is 0 Å². The third-order valence-corrected chi connectivity index (χ3v) is 4.30. The van der Waals surface area contributed by atoms with Crippen LogP contribution in [0.15, 0.2) is 12.4 Å². The summed E-state index contributed by atoms with van der Waals surface area (Å²) in [5.41, 5.74) is 0.625. The van der Waals surface area contributed by atoms with Gasteiger partial charge in [-0.3, -0.25) is 19.2 Å². The maximum atomic E-state index is 12.5. The van der Waals surface area contributed by atoms with Crippen molar-refractivity contribution in [3.8, 4) is 0 Å². The van der Waals surface area contributed by atoms with E-state index in [1.807, 2.05) is 23.6 Å². The molecule has 1 fully saturated rings. The van der Waals surface area contributed by atoms with Gasteiger partial charge in [-0.1, -0.05) is 0 Å². The Morgan fingerprint density at radius 3 is 2.52 bits per heavy atom. The summed E-state index contributed by atoms with van der Waals surface area (Å²) in [5, 5.41) is 4.06. The fourth-order valence-corrected chi connectivity index (χ4v) is 2.91. The van der Waals surface area contributed by atoms with Crippen molar-refractivity contribution < 1.29 is 9.59 Å². The first-order chi connectivity index (χ1) is 11.0. The van der Waals surface area contributed by atoms with E-state index >= 15 is 0 Å². The molecule has 0 aromatic carbocycles. The van der Waals surface area contributed by atoms with Crippen LogP contribution in [0.1, 0.15) is 30.6 Å². The molecular weight excluding hydrogens is 294 g/mol. The predicted molar refractivity (Wildman–Crippen MR) is 88.1 cm³/mol. The number of rotatable bonds is 5. The second kappa shape index (κ2) is 8.10. The summed E-state index contributed by atoms with van der Waals surface area (Å²) < 4.78 is 1.64. The Morgan fingerprint density at radius 1 is 1.17 bits per heavy atom. The van der Waals surface area contributed by atoms with Crippen LogP contribution in [0, 0.1) is 0 Å². The fourth-order valence-electron chi connectivity index (χ4n) is 2.91. The van der Waals surface area contributed by atoms with Gasteiger partial charge >= 0.3 is 0 Å². The van der Waals surface area contributed by atoms with E-state index in [1.165, 1.54) is 0 Å². The van der Waals surface area contributed by atoms with Gasteiger partial charge in [0.1, 0.15) is 0 Å². The third kappa shape index (κ3) is 4.54. The minimum absolute atomic E-state index is 0.0232. The number of likely N-dealkylation sites (N-methyl/N-ethyl adjacent to an activating group) is 1. The molecule has 0 spiro atoms. The summed E-state index contributed by atoms with van der Waals surface area (Å²) in [6.07, 6.45) is 4.24. The lowest BCUT2D eigenvalue weighted by Gasteiger charge is -2.25. The van der Waals surface area contributed by atoms with Crippen molar-refractivity contribution >= 4 is 11.8 Å². The fraction of sp³-hybridized carbons (Fsp3) is 0.688. The number of carbonyl (C=O) groups excluding carboxylic acids is 2. The van der Waals surface area contributed by atoms with Crippen LogP contribution in [0.2, 0.25) is 0 Å². The first kappa shape index (κ1) is 17.5. The van der Waals surface area contributed by atoms with Crippen molar-refractivity contribution in [1.82, 2.24) is 24.5 Å². The number of aromatic nitrogens is 2. The number of hydrogen-bond donors (Lipinski definition) is 0. The number of hydrogen-bond acceptors (Lipinski definition) is 4. The Bertz CT molecular complexity index is 538. The van der Waals surface area contributed by atoms with E-state index in [9.17, 15) is 9.59 Å². The summed E-state index contributed by atoms with van der Waals surface area (Å²) in [6, 6.07) is 0. The molecular formula is C16H27N5O2. The average molecular weight is 321 g/mol. The van der Waals surface area contributed by atoms with Gasteiger partial charge in [-0.2, -0.15) is 5.10 Å². The standard InChI is InChI=1S/C16H27N5O2/c1-4-20(5-2)15(22)13-19-7-6-8-21(10-9-19)16(23)14-11-17-18(3)12-14/h11-12H,4-10,13H2,1-3H3. The predicted octanol–water partition coefficient (Wildman–Crippen LogP) is 0.436. The molecule has 0 atom stereocenters. The topological polar surface area (TPSA) is 61.7 Å². The van der Waals surface area contributed by atoms with E-state index in [1.54, 1.807) is 24.1 Å². The van der Waals surface area contributed by atoms with E-state index in [0.29, 0.717) is 18.7 Å². The lowest BCUT2D eigenvalue weighted by molar-refractivity contribution is -0.132. The summed E-state index contributed by atoms with van der Waals surface area (Å²) in [4.78, 5) is 30.6. The number of aryl methyl sites for hydroxylation is 1. The Balaban J connectivity index is 1.89. The SMILES string of the molecule is CCN(CC)C(=O)CN1CCCN(C(=O)c2cnn(C)c2)CC1. The highest BCUT2D eigenvalue weighted by atomic mass is 16.2. The van der Waals surface area contributed by atoms with Gasteiger partial charge < -0.3 is 9.80 Å². The molecule has 7 heteroatoms. The van der Waals surface area contributed by atoms with Crippen LogP contribution < -0.4 is 0 Å². The molecule has 0 saturated carbocycles. The lowest BCUT2D eigenvalue weighted by atomic mass is 10.3. The number of amides is 2. The number of nitrogens with zero attached hydrogens (tertiary/aromatic N) is 5. The summed E-state index contributed by atoms with van der Waals surface area (Å²) in [5.74, 6) is 0.192. The zero-order valence-electron chi connectivity index (χ0n) is 14.4. The number of carbonyl (C=O) groups is 2. The van der Waals surface area contributed by atoms with Crippen LogP contribution in [0.5, 0.6) is 0 Å². The molecule has 128 valence electrons. The summed E-state index contributed by atoms with van der Waals surface area (Å²) >= 11 is 0. The Morgan fingerprint density at radius 2 is 1.91 bits per heavy atom. The van der Waals surface area contributed by atoms with Crippen LogP contribution in [-0.2, 0) is 11.8 Å². The first-order valence-corrected chi connectivity index (χ1v) is 8.33. The average Bonchev–Trinajstić information content (AvgIpc) is 2.83. The monoisotopic (exact) mass is 321 g/mol. The largest absolute Gasteiger partial charge is 0.342 e. The maximum absolute atomic E-state index is 12.5. The molecule has 2 amide bonds. The van der Waals surface area contributed by atoms with Crippen LogP contribution in [0.3, 0.4) is 0 Å². The molecule has 0 aliphatic carbocycles. The van der Waals surface area contributed by atoms with E-state index in [-0.39, 0.29) is 11.8 Å². The van der Waals surface area contributed by atoms with Gasteiger partial charge in [-0.15, -0.1) is 0 Å². The molecule has 0 unspecified atom stereocenters. The van der Waals surface area contributed by atoms with Crippen molar-refractivity contribution in [1.29, 1.82) is 0 Å². The van der Waals surface area contributed by atoms with Gasteiger partial charge in [-0.25, -0.2) is 0 Å². The second-order valence-corrected chi connectivity index (χ2v) is 5.89. The highest BCUT2D eigenvalue weighted by Crippen LogP contribution is 2.09. The Kier molecular flexibility index (Phi) is 6.15. The van der Waals surface area contributed by atoms with Crippen molar-refractivity contribution in [2.45, 2.75) is 20.3 Å². The van der Waals surface area contributed by atoms with Crippen molar-refractivity contribution in [2.24, 2.45) is 7.05 Å². The van der Waals surface area contributed by atoms with Gasteiger partial charge in [0, 0.05) is 52.5 Å². The molecule has 7 nitrogen and oxygen atoms in total. The molecule has 2 rings (SSSR count). The van der Waals surface area contributed by atoms with Crippen LogP contribution in [0.4, 0.5) is 0 Å². The van der Waals surface area contributed by atoms with Gasteiger partial charge in [-0.05, 0) is 20.3 Å². The van der Waals surface area contributed by atoms with Crippen LogP contribution in [-0.4, -0.2) is 82.1 Å². The van der Waals surface area contributed by atoms with E-state index in [4.69, 9.17) is 0 Å². The zero-order valence-corrected chi connectivity index (χ0v) is 14.4. The minimum atomic E-state index is 0.0232. The van der Waals surface area contributed by atoms with Crippen LogP contribution >= 0.6 is 0 Å². The molecule has 1 aromatic heterocycles. The lowest BCUT2D eigenvalue weighted by Crippen LogP contribution is -2.42. The maximum Gasteiger partial charge on any atom is 0.257 e. The normalized spacial score (nSPS) is 16.2. The molecule has 1 aliphatic rings. The first-order valence-electron chi connectivity index (χ1n) is 8.33. The van der Waals surface area contributed by atoms with Gasteiger partial charge in [0.25, 0.3) is 5.91 Å². The van der Waals surface area contributed by atoms with E-state index in [0.717, 1.165) is 39.1 Å². The van der Waals surface area contributed by atoms with E-state index in [2.05, 4.69) is 10.00 Å². The quantitative estimate of drug-likeness (QED) is 0.789. The second-order valence-electron chi connectivity index (χ2n) is 5.89. The molecule has 1 saturated heterocycles. The highest BCUT2D eigenvalue weighted by molar-refractivity contribution is 5.93. The van der Waals surface area contributed by atoms with Crippen molar-refractivity contribution in [3.05, 3.63) is 18.0 Å². The Hall–Kier alpha value is -1.89.